The molecule has 12 heteroatoms. The van der Waals surface area contributed by atoms with Crippen LogP contribution in [0.5, 0.6) is 5.75 Å². The van der Waals surface area contributed by atoms with Crippen molar-refractivity contribution in [1.82, 2.24) is 15.1 Å². The summed E-state index contributed by atoms with van der Waals surface area (Å²) < 4.78 is 58.9. The van der Waals surface area contributed by atoms with Gasteiger partial charge in [0, 0.05) is 20.1 Å². The maximum atomic E-state index is 14.3. The molecule has 2 aromatic carbocycles. The number of nitrogens with zero attached hydrogens (tertiary/aromatic N) is 2. The van der Waals surface area contributed by atoms with Crippen LogP contribution in [-0.2, 0) is 27.0 Å². The first-order valence-corrected chi connectivity index (χ1v) is 13.6. The number of piperidine rings is 1. The average Bonchev–Trinajstić information content (AvgIpc) is 3.12. The minimum atomic E-state index is -4.78. The van der Waals surface area contributed by atoms with E-state index >= 15 is 0 Å². The van der Waals surface area contributed by atoms with Gasteiger partial charge >= 0.3 is 6.18 Å². The molecule has 2 saturated heterocycles. The van der Waals surface area contributed by atoms with Crippen molar-refractivity contribution in [2.45, 2.75) is 45.3 Å². The number of imide groups is 1. The van der Waals surface area contributed by atoms with Gasteiger partial charge in [0.05, 0.1) is 29.6 Å². The van der Waals surface area contributed by atoms with Crippen LogP contribution in [0.25, 0.3) is 0 Å². The molecule has 226 valence electrons. The number of carbonyl (C=O) groups excluding carboxylic acids is 4. The molecule has 0 aromatic heterocycles. The smallest absolute Gasteiger partial charge is 0.416 e. The van der Waals surface area contributed by atoms with Crippen LogP contribution in [0.4, 0.5) is 17.6 Å². The fourth-order valence-electron chi connectivity index (χ4n) is 5.83. The van der Waals surface area contributed by atoms with E-state index in [1.54, 1.807) is 33.1 Å². The zero-order valence-corrected chi connectivity index (χ0v) is 23.8. The number of carbonyl (C=O) groups is 4. The van der Waals surface area contributed by atoms with Crippen LogP contribution in [0.2, 0.25) is 0 Å². The molecule has 0 aliphatic carbocycles. The number of rotatable bonds is 7. The fourth-order valence-corrected chi connectivity index (χ4v) is 5.83. The second-order valence-corrected chi connectivity index (χ2v) is 11.2. The van der Waals surface area contributed by atoms with Crippen LogP contribution in [0.1, 0.15) is 48.2 Å². The molecule has 0 saturated carbocycles. The van der Waals surface area contributed by atoms with Gasteiger partial charge in [0.15, 0.2) is 0 Å². The van der Waals surface area contributed by atoms with E-state index in [0.29, 0.717) is 30.4 Å². The zero-order chi connectivity index (χ0) is 31.0. The third-order valence-corrected chi connectivity index (χ3v) is 8.35. The number of hydrogen-bond acceptors (Lipinski definition) is 5. The minimum Gasteiger partial charge on any atom is -0.497 e. The lowest BCUT2D eigenvalue weighted by molar-refractivity contribution is -0.145. The summed E-state index contributed by atoms with van der Waals surface area (Å²) in [7, 11) is 3.00. The van der Waals surface area contributed by atoms with Gasteiger partial charge in [-0.2, -0.15) is 13.2 Å². The van der Waals surface area contributed by atoms with Gasteiger partial charge in [-0.05, 0) is 61.1 Å². The van der Waals surface area contributed by atoms with Crippen molar-refractivity contribution >= 4 is 23.6 Å². The molecule has 0 bridgehead atoms. The standard InChI is InChI=1S/C30H33F4N3O5/c1-17(2)24(35-25(38)21-16-19(30(32,33)34)7-10-23(21)31)27(40)37-13-11-29(12-14-37)22(26(39)36(3)28(29)41)15-18-5-8-20(42-4)9-6-18/h5-10,16-17,22,24H,11-15H2,1-4H3,(H,35,38)/t22?,24-/m1/s1. The highest BCUT2D eigenvalue weighted by atomic mass is 19.4. The minimum absolute atomic E-state index is 0.127. The number of methoxy groups -OCH3 is 1. The molecule has 42 heavy (non-hydrogen) atoms. The van der Waals surface area contributed by atoms with Crippen LogP contribution in [-0.4, -0.2) is 66.7 Å². The Morgan fingerprint density at radius 2 is 1.69 bits per heavy atom. The SMILES string of the molecule is COc1ccc(CC2C(=O)N(C)C(=O)C23CCN(C(=O)[C@H](NC(=O)c2cc(C(F)(F)F)ccc2F)C(C)C)CC3)cc1. The van der Waals surface area contributed by atoms with Gasteiger partial charge in [-0.3, -0.25) is 24.1 Å². The molecule has 2 aromatic rings. The molecule has 2 fully saturated rings. The van der Waals surface area contributed by atoms with E-state index in [4.69, 9.17) is 4.74 Å². The summed E-state index contributed by atoms with van der Waals surface area (Å²) in [6.07, 6.45) is -4.01. The third kappa shape index (κ3) is 5.84. The molecule has 2 aliphatic rings. The first kappa shape index (κ1) is 31.0. The Balaban J connectivity index is 1.50. The molecule has 8 nitrogen and oxygen atoms in total. The lowest BCUT2D eigenvalue weighted by atomic mass is 9.68. The van der Waals surface area contributed by atoms with Crippen molar-refractivity contribution in [3.05, 3.63) is 65.0 Å². The highest BCUT2D eigenvalue weighted by Crippen LogP contribution is 2.47. The summed E-state index contributed by atoms with van der Waals surface area (Å²) in [6.45, 7) is 3.55. The van der Waals surface area contributed by atoms with E-state index in [1.165, 1.54) is 11.9 Å². The molecule has 1 N–H and O–H groups in total. The van der Waals surface area contributed by atoms with Crippen LogP contribution < -0.4 is 10.1 Å². The molecule has 4 rings (SSSR count). The second kappa shape index (κ2) is 11.7. The highest BCUT2D eigenvalue weighted by Gasteiger charge is 2.58. The van der Waals surface area contributed by atoms with Gasteiger partial charge in [0.25, 0.3) is 5.91 Å². The van der Waals surface area contributed by atoms with Gasteiger partial charge < -0.3 is 15.0 Å². The van der Waals surface area contributed by atoms with Crippen LogP contribution in [0.15, 0.2) is 42.5 Å². The monoisotopic (exact) mass is 591 g/mol. The highest BCUT2D eigenvalue weighted by molar-refractivity contribution is 6.07. The predicted molar refractivity (Wildman–Crippen MR) is 144 cm³/mol. The third-order valence-electron chi connectivity index (χ3n) is 8.35. The Labute approximate surface area is 241 Å². The van der Waals surface area contributed by atoms with E-state index in [9.17, 15) is 36.7 Å². The number of amides is 4. The summed E-state index contributed by atoms with van der Waals surface area (Å²) in [5.74, 6) is -3.81. The van der Waals surface area contributed by atoms with E-state index in [2.05, 4.69) is 5.32 Å². The van der Waals surface area contributed by atoms with Crippen molar-refractivity contribution in [3.63, 3.8) is 0 Å². The summed E-state index contributed by atoms with van der Waals surface area (Å²) >= 11 is 0. The lowest BCUT2D eigenvalue weighted by Gasteiger charge is -2.41. The fraction of sp³-hybridized carbons (Fsp3) is 0.467. The van der Waals surface area contributed by atoms with E-state index in [1.807, 2.05) is 12.1 Å². The van der Waals surface area contributed by atoms with Gasteiger partial charge in [0.2, 0.25) is 17.7 Å². The number of benzene rings is 2. The lowest BCUT2D eigenvalue weighted by Crippen LogP contribution is -2.55. The van der Waals surface area contributed by atoms with Crippen molar-refractivity contribution in [2.75, 3.05) is 27.2 Å². The molecule has 1 unspecified atom stereocenters. The number of ether oxygens (including phenoxy) is 1. The van der Waals surface area contributed by atoms with Crippen LogP contribution in [0, 0.1) is 23.1 Å². The van der Waals surface area contributed by atoms with Gasteiger partial charge in [0.1, 0.15) is 17.6 Å². The maximum absolute atomic E-state index is 14.3. The summed E-state index contributed by atoms with van der Waals surface area (Å²) in [6, 6.07) is 7.59. The molecule has 0 radical (unpaired) electrons. The normalized spacial score (nSPS) is 19.4. The summed E-state index contributed by atoms with van der Waals surface area (Å²) in [4.78, 5) is 55.5. The molecule has 2 atom stereocenters. The zero-order valence-electron chi connectivity index (χ0n) is 23.8. The average molecular weight is 592 g/mol. The molecule has 2 aliphatic heterocycles. The quantitative estimate of drug-likeness (QED) is 0.387. The maximum Gasteiger partial charge on any atom is 0.416 e. The molecule has 1 spiro atoms. The Morgan fingerprint density at radius 1 is 1.07 bits per heavy atom. The topological polar surface area (TPSA) is 96.0 Å². The van der Waals surface area contributed by atoms with Crippen LogP contribution >= 0.6 is 0 Å². The number of alkyl halides is 3. The Morgan fingerprint density at radius 3 is 2.24 bits per heavy atom. The second-order valence-electron chi connectivity index (χ2n) is 11.2. The summed E-state index contributed by atoms with van der Waals surface area (Å²) in [5.41, 5.74) is -2.15. The van der Waals surface area contributed by atoms with E-state index < -0.39 is 58.2 Å². The van der Waals surface area contributed by atoms with Crippen molar-refractivity contribution < 1.29 is 41.5 Å². The van der Waals surface area contributed by atoms with Gasteiger partial charge in [-0.1, -0.05) is 26.0 Å². The molecular formula is C30H33F4N3O5. The predicted octanol–water partition coefficient (Wildman–Crippen LogP) is 4.07. The van der Waals surface area contributed by atoms with Crippen molar-refractivity contribution in [3.8, 4) is 5.75 Å². The number of nitrogens with one attached hydrogen (secondary N) is 1. The number of likely N-dealkylation sites (tertiary alicyclic amines) is 2. The Hall–Kier alpha value is -3.96. The van der Waals surface area contributed by atoms with Crippen molar-refractivity contribution in [1.29, 1.82) is 0 Å². The Kier molecular flexibility index (Phi) is 8.65. The van der Waals surface area contributed by atoms with Gasteiger partial charge in [-0.15, -0.1) is 0 Å². The molecular weight excluding hydrogens is 558 g/mol. The first-order valence-electron chi connectivity index (χ1n) is 13.6. The first-order chi connectivity index (χ1) is 19.7. The molecule has 4 amide bonds. The summed E-state index contributed by atoms with van der Waals surface area (Å²) in [5, 5.41) is 2.41. The Bertz CT molecular complexity index is 1370. The largest absolute Gasteiger partial charge is 0.497 e. The van der Waals surface area contributed by atoms with E-state index in [0.717, 1.165) is 10.5 Å². The van der Waals surface area contributed by atoms with E-state index in [-0.39, 0.29) is 37.7 Å². The number of halogens is 4. The molecule has 2 heterocycles. The van der Waals surface area contributed by atoms with Gasteiger partial charge in [-0.25, -0.2) is 4.39 Å². The van der Waals surface area contributed by atoms with Crippen molar-refractivity contribution in [2.24, 2.45) is 17.3 Å². The van der Waals surface area contributed by atoms with Crippen LogP contribution in [0.3, 0.4) is 0 Å². The number of hydrogen-bond donors (Lipinski definition) is 1.